The van der Waals surface area contributed by atoms with E-state index in [-0.39, 0.29) is 0 Å². The predicted molar refractivity (Wildman–Crippen MR) is 74.2 cm³/mol. The van der Waals surface area contributed by atoms with Crippen molar-refractivity contribution in [3.63, 3.8) is 0 Å². The van der Waals surface area contributed by atoms with Crippen molar-refractivity contribution in [3.05, 3.63) is 0 Å². The van der Waals surface area contributed by atoms with Crippen molar-refractivity contribution < 1.29 is 0 Å². The van der Waals surface area contributed by atoms with Crippen molar-refractivity contribution in [1.82, 2.24) is 10.2 Å². The van der Waals surface area contributed by atoms with Crippen LogP contribution in [-0.2, 0) is 0 Å². The van der Waals surface area contributed by atoms with E-state index in [0.29, 0.717) is 0 Å². The molecule has 0 radical (unpaired) electrons. The minimum atomic E-state index is 0.756. The second kappa shape index (κ2) is 6.19. The Labute approximate surface area is 107 Å². The van der Waals surface area contributed by atoms with Gasteiger partial charge in [-0.25, -0.2) is 0 Å². The highest BCUT2D eigenvalue weighted by molar-refractivity contribution is 4.87. The Balaban J connectivity index is 1.85. The molecule has 0 amide bonds. The Kier molecular flexibility index (Phi) is 4.87. The molecule has 0 heterocycles. The lowest BCUT2D eigenvalue weighted by Gasteiger charge is -2.32. The van der Waals surface area contributed by atoms with Gasteiger partial charge in [-0.2, -0.15) is 0 Å². The highest BCUT2D eigenvalue weighted by Crippen LogP contribution is 2.35. The van der Waals surface area contributed by atoms with E-state index in [1.54, 1.807) is 0 Å². The fraction of sp³-hybridized carbons (Fsp3) is 1.00. The molecular formula is C15H30N2. The van der Waals surface area contributed by atoms with E-state index >= 15 is 0 Å². The van der Waals surface area contributed by atoms with Crippen LogP contribution >= 0.6 is 0 Å². The number of hydrogen-bond acceptors (Lipinski definition) is 2. The highest BCUT2D eigenvalue weighted by Gasteiger charge is 2.32. The van der Waals surface area contributed by atoms with Crippen LogP contribution in [0, 0.1) is 11.8 Å². The highest BCUT2D eigenvalue weighted by atomic mass is 15.1. The van der Waals surface area contributed by atoms with Crippen molar-refractivity contribution >= 4 is 0 Å². The van der Waals surface area contributed by atoms with Gasteiger partial charge in [0.05, 0.1) is 0 Å². The summed E-state index contributed by atoms with van der Waals surface area (Å²) in [6.45, 7) is 3.71. The van der Waals surface area contributed by atoms with Crippen molar-refractivity contribution in [2.45, 2.75) is 64.0 Å². The fourth-order valence-corrected chi connectivity index (χ4v) is 3.46. The molecule has 2 saturated carbocycles. The van der Waals surface area contributed by atoms with Gasteiger partial charge in [0, 0.05) is 18.6 Å². The minimum absolute atomic E-state index is 0.756. The van der Waals surface area contributed by atoms with Crippen LogP contribution in [0.15, 0.2) is 0 Å². The summed E-state index contributed by atoms with van der Waals surface area (Å²) in [6, 6.07) is 1.56. The van der Waals surface area contributed by atoms with Crippen LogP contribution in [0.2, 0.25) is 0 Å². The SMILES string of the molecule is CNC1CCCCCC1CN(C)C(C)C1CC1. The van der Waals surface area contributed by atoms with Gasteiger partial charge in [0.2, 0.25) is 0 Å². The van der Waals surface area contributed by atoms with Gasteiger partial charge in [0.1, 0.15) is 0 Å². The van der Waals surface area contributed by atoms with Gasteiger partial charge in [0.15, 0.2) is 0 Å². The topological polar surface area (TPSA) is 15.3 Å². The molecule has 2 nitrogen and oxygen atoms in total. The molecule has 2 heteroatoms. The standard InChI is InChI=1S/C15H30N2/c1-12(13-9-10-13)17(3)11-14-7-5-4-6-8-15(14)16-2/h12-16H,4-11H2,1-3H3. The van der Waals surface area contributed by atoms with E-state index < -0.39 is 0 Å². The molecule has 1 N–H and O–H groups in total. The van der Waals surface area contributed by atoms with Gasteiger partial charge in [0.25, 0.3) is 0 Å². The van der Waals surface area contributed by atoms with Gasteiger partial charge in [-0.05, 0) is 58.5 Å². The molecule has 0 aliphatic heterocycles. The molecule has 3 atom stereocenters. The molecule has 0 bridgehead atoms. The summed E-state index contributed by atoms with van der Waals surface area (Å²) >= 11 is 0. The average Bonchev–Trinajstić information content (AvgIpc) is 3.15. The van der Waals surface area contributed by atoms with Crippen LogP contribution in [0.3, 0.4) is 0 Å². The lowest BCUT2D eigenvalue weighted by molar-refractivity contribution is 0.174. The molecule has 0 aromatic carbocycles. The zero-order valence-corrected chi connectivity index (χ0v) is 11.9. The molecule has 2 fully saturated rings. The van der Waals surface area contributed by atoms with Gasteiger partial charge >= 0.3 is 0 Å². The predicted octanol–water partition coefficient (Wildman–Crippen LogP) is 2.89. The maximum atomic E-state index is 3.56. The van der Waals surface area contributed by atoms with Gasteiger partial charge < -0.3 is 10.2 Å². The van der Waals surface area contributed by atoms with Gasteiger partial charge in [-0.3, -0.25) is 0 Å². The first-order chi connectivity index (χ1) is 8.22. The molecule has 2 aliphatic rings. The second-order valence-electron chi connectivity index (χ2n) is 6.31. The van der Waals surface area contributed by atoms with Crippen LogP contribution in [-0.4, -0.2) is 37.6 Å². The zero-order chi connectivity index (χ0) is 12.3. The summed E-state index contributed by atoms with van der Waals surface area (Å²) in [4.78, 5) is 2.62. The van der Waals surface area contributed by atoms with Gasteiger partial charge in [-0.1, -0.05) is 19.3 Å². The quantitative estimate of drug-likeness (QED) is 0.741. The van der Waals surface area contributed by atoms with Crippen molar-refractivity contribution in [3.8, 4) is 0 Å². The Morgan fingerprint density at radius 2 is 1.82 bits per heavy atom. The summed E-state index contributed by atoms with van der Waals surface area (Å²) in [5.74, 6) is 1.87. The molecule has 100 valence electrons. The molecule has 0 spiro atoms. The van der Waals surface area contributed by atoms with Gasteiger partial charge in [-0.15, -0.1) is 0 Å². The van der Waals surface area contributed by atoms with E-state index in [2.05, 4.69) is 31.2 Å². The number of rotatable bonds is 5. The summed E-state index contributed by atoms with van der Waals surface area (Å²) < 4.78 is 0. The lowest BCUT2D eigenvalue weighted by Crippen LogP contribution is -2.42. The Morgan fingerprint density at radius 3 is 2.47 bits per heavy atom. The summed E-state index contributed by atoms with van der Waals surface area (Å²) in [5, 5.41) is 3.56. The van der Waals surface area contributed by atoms with E-state index in [4.69, 9.17) is 0 Å². The van der Waals surface area contributed by atoms with E-state index in [9.17, 15) is 0 Å². The smallest absolute Gasteiger partial charge is 0.0104 e. The lowest BCUT2D eigenvalue weighted by atomic mass is 9.93. The van der Waals surface area contributed by atoms with E-state index in [1.165, 1.54) is 51.5 Å². The van der Waals surface area contributed by atoms with Crippen LogP contribution in [0.4, 0.5) is 0 Å². The third kappa shape index (κ3) is 3.69. The van der Waals surface area contributed by atoms with Crippen LogP contribution in [0.25, 0.3) is 0 Å². The largest absolute Gasteiger partial charge is 0.317 e. The second-order valence-corrected chi connectivity index (χ2v) is 6.31. The summed E-state index contributed by atoms with van der Waals surface area (Å²) in [6.07, 6.45) is 10.0. The van der Waals surface area contributed by atoms with E-state index in [1.807, 2.05) is 0 Å². The molecule has 17 heavy (non-hydrogen) atoms. The first-order valence-corrected chi connectivity index (χ1v) is 7.60. The average molecular weight is 238 g/mol. The third-order valence-electron chi connectivity index (χ3n) is 5.05. The van der Waals surface area contributed by atoms with Crippen molar-refractivity contribution in [2.24, 2.45) is 11.8 Å². The van der Waals surface area contributed by atoms with Crippen molar-refractivity contribution in [1.29, 1.82) is 0 Å². The maximum absolute atomic E-state index is 3.56. The van der Waals surface area contributed by atoms with E-state index in [0.717, 1.165) is 23.9 Å². The summed E-state index contributed by atoms with van der Waals surface area (Å²) in [7, 11) is 4.48. The molecule has 0 aromatic heterocycles. The number of hydrogen-bond donors (Lipinski definition) is 1. The van der Waals surface area contributed by atoms with Crippen LogP contribution in [0.5, 0.6) is 0 Å². The minimum Gasteiger partial charge on any atom is -0.317 e. The Bertz CT molecular complexity index is 225. The monoisotopic (exact) mass is 238 g/mol. The van der Waals surface area contributed by atoms with Crippen LogP contribution in [0.1, 0.15) is 51.9 Å². The molecule has 0 saturated heterocycles. The number of nitrogens with zero attached hydrogens (tertiary/aromatic N) is 1. The summed E-state index contributed by atoms with van der Waals surface area (Å²) in [5.41, 5.74) is 0. The molecule has 2 rings (SSSR count). The normalized spacial score (nSPS) is 32.5. The molecular weight excluding hydrogens is 208 g/mol. The Morgan fingerprint density at radius 1 is 1.12 bits per heavy atom. The molecule has 0 aromatic rings. The van der Waals surface area contributed by atoms with Crippen LogP contribution < -0.4 is 5.32 Å². The zero-order valence-electron chi connectivity index (χ0n) is 11.9. The molecule has 2 aliphatic carbocycles. The Hall–Kier alpha value is -0.0800. The number of nitrogens with one attached hydrogen (secondary N) is 1. The first-order valence-electron chi connectivity index (χ1n) is 7.60. The fourth-order valence-electron chi connectivity index (χ4n) is 3.46. The molecule has 3 unspecified atom stereocenters. The maximum Gasteiger partial charge on any atom is 0.0104 e. The van der Waals surface area contributed by atoms with Crippen molar-refractivity contribution in [2.75, 3.05) is 20.6 Å². The first kappa shape index (κ1) is 13.4. The third-order valence-corrected chi connectivity index (χ3v) is 5.05.